The molecule has 102 valence electrons. The molecule has 0 aliphatic rings. The van der Waals surface area contributed by atoms with Crippen LogP contribution in [0.1, 0.15) is 23.1 Å². The summed E-state index contributed by atoms with van der Waals surface area (Å²) in [7, 11) is 0. The molecule has 1 heterocycles. The number of nitrogens with one attached hydrogen (secondary N) is 1. The molecular formula is C15H21N3O. The van der Waals surface area contributed by atoms with Gasteiger partial charge >= 0.3 is 0 Å². The Balaban J connectivity index is 1.74. The summed E-state index contributed by atoms with van der Waals surface area (Å²) in [5.41, 5.74) is 3.10. The quantitative estimate of drug-likeness (QED) is 0.783. The summed E-state index contributed by atoms with van der Waals surface area (Å²) >= 11 is 0. The van der Waals surface area contributed by atoms with E-state index >= 15 is 0 Å². The molecule has 2 N–H and O–H groups in total. The Morgan fingerprint density at radius 3 is 2.63 bits per heavy atom. The Hall–Kier alpha value is -1.81. The highest BCUT2D eigenvalue weighted by atomic mass is 16.3. The van der Waals surface area contributed by atoms with Crippen LogP contribution in [0.25, 0.3) is 0 Å². The van der Waals surface area contributed by atoms with E-state index in [2.05, 4.69) is 14.9 Å². The minimum Gasteiger partial charge on any atom is -0.507 e. The first kappa shape index (κ1) is 13.6. The maximum absolute atomic E-state index is 9.72. The van der Waals surface area contributed by atoms with Gasteiger partial charge in [-0.25, -0.2) is 4.98 Å². The van der Waals surface area contributed by atoms with Crippen LogP contribution in [0.15, 0.2) is 30.9 Å². The van der Waals surface area contributed by atoms with Crippen molar-refractivity contribution in [3.8, 4) is 5.75 Å². The van der Waals surface area contributed by atoms with Crippen molar-refractivity contribution >= 4 is 0 Å². The molecule has 0 radical (unpaired) electrons. The van der Waals surface area contributed by atoms with Gasteiger partial charge in [-0.05, 0) is 43.5 Å². The first-order chi connectivity index (χ1) is 9.16. The number of phenolic OH excluding ortho intramolecular Hbond substituents is 1. The van der Waals surface area contributed by atoms with Gasteiger partial charge in [-0.15, -0.1) is 0 Å². The molecule has 4 heteroatoms. The summed E-state index contributed by atoms with van der Waals surface area (Å²) in [6.45, 7) is 6.67. The maximum atomic E-state index is 9.72. The predicted octanol–water partition coefficient (Wildman–Crippen LogP) is 2.39. The molecule has 0 spiro atoms. The molecule has 4 nitrogen and oxygen atoms in total. The SMILES string of the molecule is Cc1cc(CNCCCn2ccnc2)cc(C)c1O. The summed E-state index contributed by atoms with van der Waals surface area (Å²) in [4.78, 5) is 4.02. The topological polar surface area (TPSA) is 50.1 Å². The first-order valence-electron chi connectivity index (χ1n) is 6.62. The van der Waals surface area contributed by atoms with Gasteiger partial charge in [-0.2, -0.15) is 0 Å². The fourth-order valence-electron chi connectivity index (χ4n) is 2.19. The molecule has 0 atom stereocenters. The molecule has 0 saturated carbocycles. The Morgan fingerprint density at radius 1 is 1.26 bits per heavy atom. The smallest absolute Gasteiger partial charge is 0.121 e. The van der Waals surface area contributed by atoms with Crippen molar-refractivity contribution in [1.29, 1.82) is 0 Å². The van der Waals surface area contributed by atoms with Crippen LogP contribution in [0.2, 0.25) is 0 Å². The van der Waals surface area contributed by atoms with E-state index in [0.29, 0.717) is 5.75 Å². The minimum absolute atomic E-state index is 0.406. The zero-order valence-corrected chi connectivity index (χ0v) is 11.6. The minimum atomic E-state index is 0.406. The van der Waals surface area contributed by atoms with Gasteiger partial charge in [0.15, 0.2) is 0 Å². The third kappa shape index (κ3) is 3.83. The van der Waals surface area contributed by atoms with Crippen molar-refractivity contribution in [1.82, 2.24) is 14.9 Å². The summed E-state index contributed by atoms with van der Waals surface area (Å²) < 4.78 is 2.08. The zero-order valence-electron chi connectivity index (χ0n) is 11.6. The highest BCUT2D eigenvalue weighted by Crippen LogP contribution is 2.22. The van der Waals surface area contributed by atoms with E-state index in [1.54, 1.807) is 6.20 Å². The highest BCUT2D eigenvalue weighted by molar-refractivity contribution is 5.42. The molecule has 19 heavy (non-hydrogen) atoms. The number of imidazole rings is 1. The van der Waals surface area contributed by atoms with Crippen LogP contribution < -0.4 is 5.32 Å². The van der Waals surface area contributed by atoms with E-state index in [1.807, 2.05) is 38.5 Å². The molecule has 0 bridgehead atoms. The lowest BCUT2D eigenvalue weighted by Gasteiger charge is -2.09. The molecule has 2 aromatic rings. The Bertz CT molecular complexity index is 497. The normalized spacial score (nSPS) is 10.8. The van der Waals surface area contributed by atoms with E-state index in [-0.39, 0.29) is 0 Å². The molecule has 0 aliphatic carbocycles. The van der Waals surface area contributed by atoms with Crippen LogP contribution in [0, 0.1) is 13.8 Å². The number of rotatable bonds is 6. The number of benzene rings is 1. The molecule has 2 rings (SSSR count). The predicted molar refractivity (Wildman–Crippen MR) is 76.1 cm³/mol. The lowest BCUT2D eigenvalue weighted by molar-refractivity contribution is 0.466. The molecule has 1 aromatic carbocycles. The van der Waals surface area contributed by atoms with Crippen LogP contribution in [0.4, 0.5) is 0 Å². The standard InChI is InChI=1S/C15H21N3O/c1-12-8-14(9-13(2)15(12)19)10-16-4-3-6-18-7-5-17-11-18/h5,7-9,11,16,19H,3-4,6,10H2,1-2H3. The lowest BCUT2D eigenvalue weighted by atomic mass is 10.1. The average molecular weight is 259 g/mol. The molecule has 1 aromatic heterocycles. The number of aromatic hydroxyl groups is 1. The van der Waals surface area contributed by atoms with E-state index in [0.717, 1.165) is 37.2 Å². The van der Waals surface area contributed by atoms with E-state index < -0.39 is 0 Å². The van der Waals surface area contributed by atoms with Crippen LogP contribution in [-0.2, 0) is 13.1 Å². The number of hydrogen-bond donors (Lipinski definition) is 2. The van der Waals surface area contributed by atoms with Gasteiger partial charge in [-0.3, -0.25) is 0 Å². The molecule has 0 unspecified atom stereocenters. The van der Waals surface area contributed by atoms with Crippen LogP contribution >= 0.6 is 0 Å². The third-order valence-electron chi connectivity index (χ3n) is 3.21. The molecule has 0 amide bonds. The highest BCUT2D eigenvalue weighted by Gasteiger charge is 2.02. The van der Waals surface area contributed by atoms with Gasteiger partial charge in [0.05, 0.1) is 6.33 Å². The summed E-state index contributed by atoms with van der Waals surface area (Å²) in [6, 6.07) is 4.07. The van der Waals surface area contributed by atoms with Crippen molar-refractivity contribution < 1.29 is 5.11 Å². The maximum Gasteiger partial charge on any atom is 0.121 e. The van der Waals surface area contributed by atoms with Crippen molar-refractivity contribution in [2.45, 2.75) is 33.4 Å². The van der Waals surface area contributed by atoms with Gasteiger partial charge in [0.25, 0.3) is 0 Å². The van der Waals surface area contributed by atoms with Gasteiger partial charge in [0.2, 0.25) is 0 Å². The zero-order chi connectivity index (χ0) is 13.7. The molecular weight excluding hydrogens is 238 g/mol. The Labute approximate surface area is 114 Å². The second kappa shape index (κ2) is 6.38. The Morgan fingerprint density at radius 2 is 2.00 bits per heavy atom. The molecule has 0 saturated heterocycles. The number of aryl methyl sites for hydroxylation is 3. The summed E-state index contributed by atoms with van der Waals surface area (Å²) in [5.74, 6) is 0.406. The van der Waals surface area contributed by atoms with Crippen molar-refractivity contribution in [3.05, 3.63) is 47.5 Å². The van der Waals surface area contributed by atoms with Gasteiger partial charge in [0.1, 0.15) is 5.75 Å². The largest absolute Gasteiger partial charge is 0.507 e. The van der Waals surface area contributed by atoms with Crippen molar-refractivity contribution in [3.63, 3.8) is 0 Å². The van der Waals surface area contributed by atoms with Gasteiger partial charge in [-0.1, -0.05) is 12.1 Å². The van der Waals surface area contributed by atoms with E-state index in [9.17, 15) is 5.11 Å². The third-order valence-corrected chi connectivity index (χ3v) is 3.21. The second-order valence-corrected chi connectivity index (χ2v) is 4.91. The van der Waals surface area contributed by atoms with Crippen molar-refractivity contribution in [2.75, 3.05) is 6.54 Å². The van der Waals surface area contributed by atoms with E-state index in [1.165, 1.54) is 5.56 Å². The Kier molecular flexibility index (Phi) is 4.58. The lowest BCUT2D eigenvalue weighted by Crippen LogP contribution is -2.16. The molecule has 0 fully saturated rings. The van der Waals surface area contributed by atoms with Gasteiger partial charge in [0, 0.05) is 25.5 Å². The average Bonchev–Trinajstić information content (AvgIpc) is 2.88. The summed E-state index contributed by atoms with van der Waals surface area (Å²) in [6.07, 6.45) is 6.70. The molecule has 0 aliphatic heterocycles. The van der Waals surface area contributed by atoms with Crippen molar-refractivity contribution in [2.24, 2.45) is 0 Å². The van der Waals surface area contributed by atoms with E-state index in [4.69, 9.17) is 0 Å². The van der Waals surface area contributed by atoms with Crippen LogP contribution in [0.5, 0.6) is 5.75 Å². The van der Waals surface area contributed by atoms with Gasteiger partial charge < -0.3 is 15.0 Å². The number of phenols is 1. The second-order valence-electron chi connectivity index (χ2n) is 4.91. The fourth-order valence-corrected chi connectivity index (χ4v) is 2.19. The number of nitrogens with zero attached hydrogens (tertiary/aromatic N) is 2. The number of aromatic nitrogens is 2. The monoisotopic (exact) mass is 259 g/mol. The first-order valence-corrected chi connectivity index (χ1v) is 6.62. The van der Waals surface area contributed by atoms with Crippen LogP contribution in [-0.4, -0.2) is 21.2 Å². The fraction of sp³-hybridized carbons (Fsp3) is 0.400. The number of hydrogen-bond acceptors (Lipinski definition) is 3. The summed E-state index contributed by atoms with van der Waals surface area (Å²) in [5, 5.41) is 13.1. The van der Waals surface area contributed by atoms with Crippen LogP contribution in [0.3, 0.4) is 0 Å².